The maximum absolute atomic E-state index is 10.0. The Bertz CT molecular complexity index is 430. The summed E-state index contributed by atoms with van der Waals surface area (Å²) in [7, 11) is 0. The average Bonchev–Trinajstić information content (AvgIpc) is 2.84. The van der Waals surface area contributed by atoms with Crippen molar-refractivity contribution in [1.29, 1.82) is 0 Å². The van der Waals surface area contributed by atoms with Crippen LogP contribution in [0.3, 0.4) is 0 Å². The number of hydrogen-bond acceptors (Lipinski definition) is 3. The quantitative estimate of drug-likeness (QED) is 0.900. The van der Waals surface area contributed by atoms with E-state index in [1.54, 1.807) is 0 Å². The molecule has 1 N–H and O–H groups in total. The molecule has 0 spiro atoms. The van der Waals surface area contributed by atoms with Gasteiger partial charge in [0.15, 0.2) is 0 Å². The Kier molecular flexibility index (Phi) is 3.91. The van der Waals surface area contributed by atoms with E-state index >= 15 is 0 Å². The van der Waals surface area contributed by atoms with E-state index in [2.05, 4.69) is 28.7 Å². The van der Waals surface area contributed by atoms with E-state index < -0.39 is 0 Å². The lowest BCUT2D eigenvalue weighted by atomic mass is 9.95. The van der Waals surface area contributed by atoms with Crippen LogP contribution in [0.4, 0.5) is 0 Å². The average molecular weight is 264 g/mol. The molecule has 0 amide bonds. The summed E-state index contributed by atoms with van der Waals surface area (Å²) in [5.41, 5.74) is 2.45. The molecule has 1 saturated heterocycles. The molecule has 2 atom stereocenters. The number of aromatic nitrogens is 1. The van der Waals surface area contributed by atoms with Crippen molar-refractivity contribution >= 4 is 0 Å². The highest BCUT2D eigenvalue weighted by Gasteiger charge is 2.24. The van der Waals surface area contributed by atoms with Gasteiger partial charge in [-0.1, -0.05) is 6.92 Å². The molecule has 0 saturated carbocycles. The van der Waals surface area contributed by atoms with Gasteiger partial charge < -0.3 is 14.4 Å². The molecule has 19 heavy (non-hydrogen) atoms. The van der Waals surface area contributed by atoms with Crippen molar-refractivity contribution in [1.82, 2.24) is 9.47 Å². The van der Waals surface area contributed by atoms with E-state index in [0.717, 1.165) is 57.6 Å². The van der Waals surface area contributed by atoms with Gasteiger partial charge in [0.2, 0.25) is 0 Å². The number of aliphatic hydroxyl groups is 1. The van der Waals surface area contributed by atoms with E-state index in [-0.39, 0.29) is 12.2 Å². The van der Waals surface area contributed by atoms with Crippen LogP contribution in [0.15, 0.2) is 12.3 Å². The van der Waals surface area contributed by atoms with Crippen LogP contribution in [-0.4, -0.2) is 46.9 Å². The van der Waals surface area contributed by atoms with Crippen LogP contribution >= 0.6 is 0 Å². The van der Waals surface area contributed by atoms with Gasteiger partial charge in [-0.05, 0) is 31.9 Å². The molecule has 0 aromatic carbocycles. The van der Waals surface area contributed by atoms with Gasteiger partial charge in [0.25, 0.3) is 0 Å². The Balaban J connectivity index is 1.70. The zero-order valence-corrected chi connectivity index (χ0v) is 11.7. The molecule has 106 valence electrons. The van der Waals surface area contributed by atoms with Gasteiger partial charge in [0.05, 0.1) is 18.8 Å². The first-order valence-corrected chi connectivity index (χ1v) is 7.48. The van der Waals surface area contributed by atoms with Crippen LogP contribution in [0.2, 0.25) is 0 Å². The second-order valence-corrected chi connectivity index (χ2v) is 5.66. The fourth-order valence-electron chi connectivity index (χ4n) is 3.30. The predicted octanol–water partition coefficient (Wildman–Crippen LogP) is 1.58. The van der Waals surface area contributed by atoms with Gasteiger partial charge in [-0.15, -0.1) is 0 Å². The number of aliphatic hydroxyl groups excluding tert-OH is 1. The second-order valence-electron chi connectivity index (χ2n) is 5.66. The number of hydrogen-bond donors (Lipinski definition) is 1. The number of likely N-dealkylation sites (N-methyl/N-ethyl adjacent to an activating group) is 1. The molecular weight excluding hydrogens is 240 g/mol. The SMILES string of the molecule is CCN1CCOC(Cn2ccc3c2CCCC3O)C1. The molecule has 1 aliphatic carbocycles. The van der Waals surface area contributed by atoms with Crippen LogP contribution in [-0.2, 0) is 17.7 Å². The Hall–Kier alpha value is -0.840. The maximum Gasteiger partial charge on any atom is 0.0881 e. The molecule has 2 heterocycles. The third-order valence-electron chi connectivity index (χ3n) is 4.43. The smallest absolute Gasteiger partial charge is 0.0881 e. The Labute approximate surface area is 115 Å². The molecule has 0 radical (unpaired) electrons. The molecular formula is C15H24N2O2. The molecule has 1 fully saturated rings. The highest BCUT2D eigenvalue weighted by molar-refractivity contribution is 5.27. The predicted molar refractivity (Wildman–Crippen MR) is 74.2 cm³/mol. The molecule has 1 aromatic rings. The molecule has 4 nitrogen and oxygen atoms in total. The zero-order chi connectivity index (χ0) is 13.2. The van der Waals surface area contributed by atoms with Gasteiger partial charge >= 0.3 is 0 Å². The summed E-state index contributed by atoms with van der Waals surface area (Å²) < 4.78 is 8.17. The minimum atomic E-state index is -0.260. The monoisotopic (exact) mass is 264 g/mol. The van der Waals surface area contributed by atoms with Crippen molar-refractivity contribution in [2.75, 3.05) is 26.2 Å². The fraction of sp³-hybridized carbons (Fsp3) is 0.733. The maximum atomic E-state index is 10.0. The Morgan fingerprint density at radius 1 is 1.47 bits per heavy atom. The summed E-state index contributed by atoms with van der Waals surface area (Å²) >= 11 is 0. The number of morpholine rings is 1. The highest BCUT2D eigenvalue weighted by atomic mass is 16.5. The van der Waals surface area contributed by atoms with Crippen LogP contribution < -0.4 is 0 Å². The van der Waals surface area contributed by atoms with Crippen LogP contribution in [0, 0.1) is 0 Å². The second kappa shape index (κ2) is 5.65. The lowest BCUT2D eigenvalue weighted by molar-refractivity contribution is -0.0346. The van der Waals surface area contributed by atoms with Gasteiger partial charge in [-0.25, -0.2) is 0 Å². The molecule has 0 bridgehead atoms. The summed E-state index contributed by atoms with van der Waals surface area (Å²) in [6, 6.07) is 2.08. The van der Waals surface area contributed by atoms with E-state index in [9.17, 15) is 5.11 Å². The standard InChI is InChI=1S/C15H24N2O2/c1-2-16-8-9-19-12(10-16)11-17-7-6-13-14(17)4-3-5-15(13)18/h6-7,12,15,18H,2-5,8-11H2,1H3. The van der Waals surface area contributed by atoms with Crippen LogP contribution in [0.5, 0.6) is 0 Å². The first-order valence-electron chi connectivity index (χ1n) is 7.48. The lowest BCUT2D eigenvalue weighted by Crippen LogP contribution is -2.44. The zero-order valence-electron chi connectivity index (χ0n) is 11.7. The van der Waals surface area contributed by atoms with Crippen LogP contribution in [0.1, 0.15) is 37.1 Å². The van der Waals surface area contributed by atoms with Crippen LogP contribution in [0.25, 0.3) is 0 Å². The van der Waals surface area contributed by atoms with Crippen molar-refractivity contribution in [3.05, 3.63) is 23.5 Å². The van der Waals surface area contributed by atoms with Crippen molar-refractivity contribution in [3.63, 3.8) is 0 Å². The molecule has 1 aromatic heterocycles. The van der Waals surface area contributed by atoms with Crippen molar-refractivity contribution in [3.8, 4) is 0 Å². The lowest BCUT2D eigenvalue weighted by Gasteiger charge is -2.33. The number of fused-ring (bicyclic) bond motifs is 1. The Morgan fingerprint density at radius 3 is 3.21 bits per heavy atom. The third-order valence-corrected chi connectivity index (χ3v) is 4.43. The van der Waals surface area contributed by atoms with Crippen molar-refractivity contribution in [2.24, 2.45) is 0 Å². The minimum Gasteiger partial charge on any atom is -0.388 e. The van der Waals surface area contributed by atoms with Crippen molar-refractivity contribution in [2.45, 2.75) is 44.9 Å². The molecule has 2 unspecified atom stereocenters. The summed E-state index contributed by atoms with van der Waals surface area (Å²) in [6.45, 7) is 7.13. The molecule has 2 aliphatic rings. The first-order chi connectivity index (χ1) is 9.28. The fourth-order valence-corrected chi connectivity index (χ4v) is 3.30. The van der Waals surface area contributed by atoms with Gasteiger partial charge in [0, 0.05) is 37.1 Å². The summed E-state index contributed by atoms with van der Waals surface area (Å²) in [4.78, 5) is 2.44. The van der Waals surface area contributed by atoms with E-state index in [0.29, 0.717) is 0 Å². The number of rotatable bonds is 3. The largest absolute Gasteiger partial charge is 0.388 e. The van der Waals surface area contributed by atoms with Gasteiger partial charge in [-0.3, -0.25) is 4.90 Å². The van der Waals surface area contributed by atoms with E-state index in [1.807, 2.05) is 0 Å². The molecule has 4 heteroatoms. The Morgan fingerprint density at radius 2 is 2.37 bits per heavy atom. The summed E-state index contributed by atoms with van der Waals surface area (Å²) in [6.07, 6.45) is 5.22. The number of nitrogens with zero attached hydrogens (tertiary/aromatic N) is 2. The third kappa shape index (κ3) is 2.71. The first kappa shape index (κ1) is 13.2. The van der Waals surface area contributed by atoms with Gasteiger partial charge in [-0.2, -0.15) is 0 Å². The highest BCUT2D eigenvalue weighted by Crippen LogP contribution is 2.30. The van der Waals surface area contributed by atoms with Gasteiger partial charge in [0.1, 0.15) is 0 Å². The summed E-state index contributed by atoms with van der Waals surface area (Å²) in [5.74, 6) is 0. The number of ether oxygens (including phenoxy) is 1. The normalized spacial score (nSPS) is 28.3. The van der Waals surface area contributed by atoms with E-state index in [1.165, 1.54) is 5.69 Å². The van der Waals surface area contributed by atoms with Crippen molar-refractivity contribution < 1.29 is 9.84 Å². The molecule has 3 rings (SSSR count). The van der Waals surface area contributed by atoms with E-state index in [4.69, 9.17) is 4.74 Å². The molecule has 1 aliphatic heterocycles. The topological polar surface area (TPSA) is 37.6 Å². The summed E-state index contributed by atoms with van der Waals surface area (Å²) in [5, 5.41) is 10.0. The minimum absolute atomic E-state index is 0.260.